The Morgan fingerprint density at radius 2 is 2.05 bits per heavy atom. The van der Waals surface area contributed by atoms with Crippen LogP contribution in [0.25, 0.3) is 0 Å². The Labute approximate surface area is 127 Å². The van der Waals surface area contributed by atoms with E-state index in [2.05, 4.69) is 24.1 Å². The number of amides is 1. The number of carbonyl (C=O) groups is 1. The molecule has 0 saturated heterocycles. The van der Waals surface area contributed by atoms with Crippen LogP contribution in [-0.2, 0) is 4.74 Å². The van der Waals surface area contributed by atoms with E-state index in [1.165, 1.54) is 0 Å². The van der Waals surface area contributed by atoms with Gasteiger partial charge in [-0.25, -0.2) is 4.98 Å². The lowest BCUT2D eigenvalue weighted by Gasteiger charge is -2.25. The first kappa shape index (κ1) is 17.4. The fraction of sp³-hybridized carbons (Fsp3) is 0.625. The van der Waals surface area contributed by atoms with E-state index in [9.17, 15) is 4.79 Å². The van der Waals surface area contributed by atoms with E-state index in [4.69, 9.17) is 4.74 Å². The Kier molecular flexibility index (Phi) is 6.62. The monoisotopic (exact) mass is 293 g/mol. The highest BCUT2D eigenvalue weighted by molar-refractivity contribution is 5.95. The summed E-state index contributed by atoms with van der Waals surface area (Å²) in [6.45, 7) is 9.42. The van der Waals surface area contributed by atoms with Crippen molar-refractivity contribution in [3.8, 4) is 0 Å². The molecular formula is C16H27N3O2. The van der Waals surface area contributed by atoms with Crippen LogP contribution in [0.1, 0.15) is 49.7 Å². The number of anilines is 1. The third-order valence-corrected chi connectivity index (χ3v) is 3.43. The Morgan fingerprint density at radius 3 is 2.57 bits per heavy atom. The van der Waals surface area contributed by atoms with E-state index in [0.29, 0.717) is 12.2 Å². The summed E-state index contributed by atoms with van der Waals surface area (Å²) in [5, 5.41) is 3.18. The van der Waals surface area contributed by atoms with Crippen molar-refractivity contribution in [1.82, 2.24) is 9.88 Å². The van der Waals surface area contributed by atoms with Gasteiger partial charge in [-0.15, -0.1) is 0 Å². The number of methoxy groups -OCH3 is 1. The highest BCUT2D eigenvalue weighted by Gasteiger charge is 2.19. The number of nitrogens with zero attached hydrogens (tertiary/aromatic N) is 2. The summed E-state index contributed by atoms with van der Waals surface area (Å²) in [6.07, 6.45) is 0. The molecule has 1 aromatic heterocycles. The van der Waals surface area contributed by atoms with Gasteiger partial charge in [-0.1, -0.05) is 13.8 Å². The number of rotatable bonds is 7. The predicted octanol–water partition coefficient (Wildman–Crippen LogP) is 2.74. The van der Waals surface area contributed by atoms with Gasteiger partial charge in [-0.3, -0.25) is 4.79 Å². The highest BCUT2D eigenvalue weighted by Crippen LogP contribution is 2.19. The molecule has 1 rings (SSSR count). The number of aromatic nitrogens is 1. The topological polar surface area (TPSA) is 54.5 Å². The molecule has 1 unspecified atom stereocenters. The van der Waals surface area contributed by atoms with Crippen LogP contribution in [-0.4, -0.2) is 49.1 Å². The highest BCUT2D eigenvalue weighted by atomic mass is 16.5. The summed E-state index contributed by atoms with van der Waals surface area (Å²) in [5.74, 6) is 1.01. The third kappa shape index (κ3) is 4.70. The van der Waals surface area contributed by atoms with Crippen molar-refractivity contribution >= 4 is 11.7 Å². The number of likely N-dealkylation sites (N-methyl/N-ethyl adjacent to an activating group) is 1. The lowest BCUT2D eigenvalue weighted by molar-refractivity contribution is 0.0633. The van der Waals surface area contributed by atoms with Crippen LogP contribution in [0.4, 0.5) is 5.82 Å². The van der Waals surface area contributed by atoms with Gasteiger partial charge in [-0.2, -0.15) is 0 Å². The SMILES string of the molecule is CCNc1cc(C(=O)N(C)C(C)COC)cc(C(C)C)n1. The molecule has 0 bridgehead atoms. The van der Waals surface area contributed by atoms with Gasteiger partial charge in [0.1, 0.15) is 5.82 Å². The zero-order chi connectivity index (χ0) is 16.0. The van der Waals surface area contributed by atoms with Gasteiger partial charge in [0.2, 0.25) is 0 Å². The minimum Gasteiger partial charge on any atom is -0.383 e. The molecule has 0 fully saturated rings. The second-order valence-electron chi connectivity index (χ2n) is 5.57. The Bertz CT molecular complexity index is 475. The number of ether oxygens (including phenoxy) is 1. The van der Waals surface area contributed by atoms with Crippen molar-refractivity contribution in [2.24, 2.45) is 0 Å². The van der Waals surface area contributed by atoms with E-state index >= 15 is 0 Å². The molecule has 1 amide bonds. The zero-order valence-corrected chi connectivity index (χ0v) is 13.9. The molecule has 21 heavy (non-hydrogen) atoms. The Morgan fingerprint density at radius 1 is 1.38 bits per heavy atom. The number of nitrogens with one attached hydrogen (secondary N) is 1. The summed E-state index contributed by atoms with van der Waals surface area (Å²) in [7, 11) is 3.44. The van der Waals surface area contributed by atoms with Gasteiger partial charge in [0, 0.05) is 32.0 Å². The smallest absolute Gasteiger partial charge is 0.254 e. The van der Waals surface area contributed by atoms with Crippen molar-refractivity contribution in [2.75, 3.05) is 32.6 Å². The maximum absolute atomic E-state index is 12.6. The maximum atomic E-state index is 12.6. The summed E-state index contributed by atoms with van der Waals surface area (Å²) < 4.78 is 5.12. The maximum Gasteiger partial charge on any atom is 0.254 e. The Hall–Kier alpha value is -1.62. The molecule has 5 heteroatoms. The molecule has 118 valence electrons. The van der Waals surface area contributed by atoms with Crippen LogP contribution in [0.3, 0.4) is 0 Å². The number of hydrogen-bond acceptors (Lipinski definition) is 4. The van der Waals surface area contributed by atoms with Crippen molar-refractivity contribution in [3.05, 3.63) is 23.4 Å². The van der Waals surface area contributed by atoms with Crippen LogP contribution >= 0.6 is 0 Å². The molecule has 1 aromatic rings. The molecule has 1 atom stereocenters. The third-order valence-electron chi connectivity index (χ3n) is 3.43. The lowest BCUT2D eigenvalue weighted by Crippen LogP contribution is -2.37. The fourth-order valence-corrected chi connectivity index (χ4v) is 2.00. The first-order valence-electron chi connectivity index (χ1n) is 7.42. The van der Waals surface area contributed by atoms with Crippen LogP contribution in [0.2, 0.25) is 0 Å². The molecule has 0 aliphatic heterocycles. The molecule has 0 aliphatic rings. The lowest BCUT2D eigenvalue weighted by atomic mass is 10.1. The van der Waals surface area contributed by atoms with E-state index in [1.54, 1.807) is 19.1 Å². The van der Waals surface area contributed by atoms with Crippen LogP contribution < -0.4 is 5.32 Å². The summed E-state index contributed by atoms with van der Waals surface area (Å²) in [4.78, 5) is 18.9. The minimum absolute atomic E-state index is 0.0111. The normalized spacial score (nSPS) is 12.3. The standard InChI is InChI=1S/C16H27N3O2/c1-7-17-15-9-13(8-14(18-15)11(2)3)16(20)19(5)12(4)10-21-6/h8-9,11-12H,7,10H2,1-6H3,(H,17,18). The molecule has 0 aromatic carbocycles. The van der Waals surface area contributed by atoms with E-state index in [1.807, 2.05) is 26.0 Å². The van der Waals surface area contributed by atoms with Crippen LogP contribution in [0.15, 0.2) is 12.1 Å². The zero-order valence-electron chi connectivity index (χ0n) is 13.9. The fourth-order valence-electron chi connectivity index (χ4n) is 2.00. The molecule has 0 radical (unpaired) electrons. The van der Waals surface area contributed by atoms with Crippen LogP contribution in [0.5, 0.6) is 0 Å². The molecule has 1 N–H and O–H groups in total. The molecule has 1 heterocycles. The molecular weight excluding hydrogens is 266 g/mol. The Balaban J connectivity index is 3.07. The van der Waals surface area contributed by atoms with Gasteiger partial charge >= 0.3 is 0 Å². The van der Waals surface area contributed by atoms with Crippen molar-refractivity contribution in [1.29, 1.82) is 0 Å². The van der Waals surface area contributed by atoms with Gasteiger partial charge in [0.25, 0.3) is 5.91 Å². The average molecular weight is 293 g/mol. The number of pyridine rings is 1. The largest absolute Gasteiger partial charge is 0.383 e. The number of hydrogen-bond donors (Lipinski definition) is 1. The quantitative estimate of drug-likeness (QED) is 0.840. The molecule has 5 nitrogen and oxygen atoms in total. The molecule has 0 saturated carbocycles. The number of carbonyl (C=O) groups excluding carboxylic acids is 1. The molecule has 0 spiro atoms. The second-order valence-corrected chi connectivity index (χ2v) is 5.57. The van der Waals surface area contributed by atoms with Crippen molar-refractivity contribution in [3.63, 3.8) is 0 Å². The minimum atomic E-state index is -0.0111. The van der Waals surface area contributed by atoms with Crippen molar-refractivity contribution < 1.29 is 9.53 Å². The predicted molar refractivity (Wildman–Crippen MR) is 85.9 cm³/mol. The van der Waals surface area contributed by atoms with E-state index in [0.717, 1.165) is 18.1 Å². The van der Waals surface area contributed by atoms with Gasteiger partial charge in [0.05, 0.1) is 12.6 Å². The second kappa shape index (κ2) is 7.98. The van der Waals surface area contributed by atoms with Crippen molar-refractivity contribution in [2.45, 2.75) is 39.7 Å². The van der Waals surface area contributed by atoms with E-state index in [-0.39, 0.29) is 17.9 Å². The van der Waals surface area contributed by atoms with Gasteiger partial charge in [-0.05, 0) is 31.9 Å². The van der Waals surface area contributed by atoms with E-state index < -0.39 is 0 Å². The summed E-state index contributed by atoms with van der Waals surface area (Å²) in [6, 6.07) is 3.72. The molecule has 0 aliphatic carbocycles. The average Bonchev–Trinajstić information content (AvgIpc) is 2.45. The first-order chi connectivity index (χ1) is 9.90. The summed E-state index contributed by atoms with van der Waals surface area (Å²) >= 11 is 0. The van der Waals surface area contributed by atoms with Gasteiger partial charge < -0.3 is 15.0 Å². The van der Waals surface area contributed by atoms with Crippen LogP contribution in [0, 0.1) is 0 Å². The summed E-state index contributed by atoms with van der Waals surface area (Å²) in [5.41, 5.74) is 1.58. The van der Waals surface area contributed by atoms with Gasteiger partial charge in [0.15, 0.2) is 0 Å². The first-order valence-corrected chi connectivity index (χ1v) is 7.42.